The maximum Gasteiger partial charge on any atom is 0.127 e. The average Bonchev–Trinajstić information content (AvgIpc) is 2.38. The molecule has 1 heterocycles. The van der Waals surface area contributed by atoms with E-state index in [1.807, 2.05) is 12.1 Å². The molecule has 0 radical (unpaired) electrons. The summed E-state index contributed by atoms with van der Waals surface area (Å²) in [5.74, 6) is -0.0861. The van der Waals surface area contributed by atoms with E-state index < -0.39 is 0 Å². The molecule has 1 aromatic carbocycles. The number of hydrogen-bond donors (Lipinski definition) is 0. The molecule has 2 rings (SSSR count). The van der Waals surface area contributed by atoms with E-state index in [0.717, 1.165) is 18.7 Å². The lowest BCUT2D eigenvalue weighted by atomic mass is 9.99. The fraction of sp³-hybridized carbons (Fsp3) is 0.600. The number of likely N-dealkylation sites (N-methyl/N-ethyl adjacent to an activating group) is 1. The molecule has 0 amide bonds. The van der Waals surface area contributed by atoms with Gasteiger partial charge in [-0.15, -0.1) is 0 Å². The highest BCUT2D eigenvalue weighted by Crippen LogP contribution is 2.26. The zero-order chi connectivity index (χ0) is 13.1. The second kappa shape index (κ2) is 5.81. The number of hydrogen-bond acceptors (Lipinski definition) is 2. The molecule has 2 unspecified atom stereocenters. The fourth-order valence-corrected chi connectivity index (χ4v) is 2.77. The third-order valence-electron chi connectivity index (χ3n) is 4.06. The highest BCUT2D eigenvalue weighted by molar-refractivity contribution is 5.20. The minimum atomic E-state index is -0.0861. The van der Waals surface area contributed by atoms with Crippen LogP contribution in [0.3, 0.4) is 0 Å². The van der Waals surface area contributed by atoms with Gasteiger partial charge < -0.3 is 4.90 Å². The summed E-state index contributed by atoms with van der Waals surface area (Å²) in [5.41, 5.74) is 0.817. The summed E-state index contributed by atoms with van der Waals surface area (Å²) >= 11 is 0. The molecule has 18 heavy (non-hydrogen) atoms. The molecule has 0 aromatic heterocycles. The van der Waals surface area contributed by atoms with E-state index in [1.165, 1.54) is 12.8 Å². The predicted octanol–water partition coefficient (Wildman–Crippen LogP) is 2.91. The van der Waals surface area contributed by atoms with Gasteiger partial charge in [0.15, 0.2) is 0 Å². The van der Waals surface area contributed by atoms with Crippen molar-refractivity contribution >= 4 is 0 Å². The summed E-state index contributed by atoms with van der Waals surface area (Å²) in [6.45, 7) is 4.21. The van der Waals surface area contributed by atoms with Gasteiger partial charge in [-0.1, -0.05) is 18.2 Å². The molecule has 0 N–H and O–H groups in total. The topological polar surface area (TPSA) is 6.48 Å². The van der Waals surface area contributed by atoms with Crippen LogP contribution in [0.25, 0.3) is 0 Å². The van der Waals surface area contributed by atoms with Crippen molar-refractivity contribution in [3.05, 3.63) is 35.6 Å². The van der Waals surface area contributed by atoms with Crippen molar-refractivity contribution in [3.8, 4) is 0 Å². The van der Waals surface area contributed by atoms with Crippen molar-refractivity contribution in [2.24, 2.45) is 0 Å². The molecule has 0 spiro atoms. The van der Waals surface area contributed by atoms with Crippen LogP contribution in [0.5, 0.6) is 0 Å². The zero-order valence-corrected chi connectivity index (χ0v) is 11.6. The Kier molecular flexibility index (Phi) is 4.36. The number of piperidine rings is 1. The summed E-state index contributed by atoms with van der Waals surface area (Å²) in [6.07, 6.45) is 2.44. The maximum absolute atomic E-state index is 13.8. The molecule has 2 nitrogen and oxygen atoms in total. The van der Waals surface area contributed by atoms with Crippen LogP contribution in [0.1, 0.15) is 31.4 Å². The Morgan fingerprint density at radius 2 is 2.06 bits per heavy atom. The first-order valence-electron chi connectivity index (χ1n) is 6.74. The van der Waals surface area contributed by atoms with E-state index in [1.54, 1.807) is 12.1 Å². The van der Waals surface area contributed by atoms with Crippen LogP contribution in [0.4, 0.5) is 4.39 Å². The van der Waals surface area contributed by atoms with E-state index in [-0.39, 0.29) is 11.9 Å². The monoisotopic (exact) mass is 250 g/mol. The van der Waals surface area contributed by atoms with E-state index in [4.69, 9.17) is 0 Å². The summed E-state index contributed by atoms with van der Waals surface area (Å²) in [7, 11) is 4.25. The molecule has 100 valence electrons. The van der Waals surface area contributed by atoms with Crippen LogP contribution < -0.4 is 0 Å². The Hall–Kier alpha value is -0.930. The van der Waals surface area contributed by atoms with E-state index >= 15 is 0 Å². The van der Waals surface area contributed by atoms with E-state index in [2.05, 4.69) is 30.8 Å². The van der Waals surface area contributed by atoms with Crippen LogP contribution in [0, 0.1) is 5.82 Å². The van der Waals surface area contributed by atoms with Crippen molar-refractivity contribution in [1.29, 1.82) is 0 Å². The lowest BCUT2D eigenvalue weighted by Crippen LogP contribution is -2.46. The van der Waals surface area contributed by atoms with E-state index in [0.29, 0.717) is 6.04 Å². The SMILES string of the molecule is CC(c1ccccc1F)N1CCCC(N(C)C)C1. The van der Waals surface area contributed by atoms with Gasteiger partial charge in [0.2, 0.25) is 0 Å². The third-order valence-corrected chi connectivity index (χ3v) is 4.06. The Morgan fingerprint density at radius 1 is 1.33 bits per heavy atom. The van der Waals surface area contributed by atoms with Gasteiger partial charge in [-0.2, -0.15) is 0 Å². The van der Waals surface area contributed by atoms with Gasteiger partial charge in [0.25, 0.3) is 0 Å². The van der Waals surface area contributed by atoms with Gasteiger partial charge in [-0.25, -0.2) is 4.39 Å². The van der Waals surface area contributed by atoms with Crippen LogP contribution in [0.15, 0.2) is 24.3 Å². The largest absolute Gasteiger partial charge is 0.305 e. The summed E-state index contributed by atoms with van der Waals surface area (Å²) in [6, 6.07) is 7.88. The van der Waals surface area contributed by atoms with Gasteiger partial charge in [-0.3, -0.25) is 4.90 Å². The van der Waals surface area contributed by atoms with Crippen LogP contribution >= 0.6 is 0 Å². The molecule has 2 atom stereocenters. The van der Waals surface area contributed by atoms with Gasteiger partial charge in [0.1, 0.15) is 5.82 Å². The normalized spacial score (nSPS) is 23.3. The molecule has 1 aliphatic heterocycles. The Bertz CT molecular complexity index is 392. The highest BCUT2D eigenvalue weighted by Gasteiger charge is 2.26. The Balaban J connectivity index is 2.09. The second-order valence-electron chi connectivity index (χ2n) is 5.45. The molecular formula is C15H23FN2. The van der Waals surface area contributed by atoms with Crippen molar-refractivity contribution in [1.82, 2.24) is 9.80 Å². The summed E-state index contributed by atoms with van der Waals surface area (Å²) in [5, 5.41) is 0. The molecule has 0 bridgehead atoms. The van der Waals surface area contributed by atoms with Crippen molar-refractivity contribution in [3.63, 3.8) is 0 Å². The molecular weight excluding hydrogens is 227 g/mol. The maximum atomic E-state index is 13.8. The number of rotatable bonds is 3. The van der Waals surface area contributed by atoms with Crippen LogP contribution in [0.2, 0.25) is 0 Å². The highest BCUT2D eigenvalue weighted by atomic mass is 19.1. The Labute approximate surface area is 109 Å². The first kappa shape index (κ1) is 13.5. The number of nitrogens with zero attached hydrogens (tertiary/aromatic N) is 2. The number of halogens is 1. The van der Waals surface area contributed by atoms with Gasteiger partial charge >= 0.3 is 0 Å². The van der Waals surface area contributed by atoms with Crippen molar-refractivity contribution in [2.45, 2.75) is 31.8 Å². The number of likely N-dealkylation sites (tertiary alicyclic amines) is 1. The molecule has 1 saturated heterocycles. The fourth-order valence-electron chi connectivity index (χ4n) is 2.77. The predicted molar refractivity (Wildman–Crippen MR) is 73.1 cm³/mol. The molecule has 3 heteroatoms. The molecule has 0 saturated carbocycles. The van der Waals surface area contributed by atoms with Gasteiger partial charge in [0.05, 0.1) is 0 Å². The Morgan fingerprint density at radius 3 is 2.72 bits per heavy atom. The smallest absolute Gasteiger partial charge is 0.127 e. The van der Waals surface area contributed by atoms with Crippen molar-refractivity contribution < 1.29 is 4.39 Å². The molecule has 1 fully saturated rings. The second-order valence-corrected chi connectivity index (χ2v) is 5.45. The minimum absolute atomic E-state index is 0.0861. The average molecular weight is 250 g/mol. The van der Waals surface area contributed by atoms with Crippen LogP contribution in [-0.4, -0.2) is 43.0 Å². The van der Waals surface area contributed by atoms with E-state index in [9.17, 15) is 4.39 Å². The van der Waals surface area contributed by atoms with Crippen LogP contribution in [-0.2, 0) is 0 Å². The molecule has 0 aliphatic carbocycles. The molecule has 1 aromatic rings. The zero-order valence-electron chi connectivity index (χ0n) is 11.6. The molecule has 1 aliphatic rings. The lowest BCUT2D eigenvalue weighted by Gasteiger charge is -2.39. The standard InChI is InChI=1S/C15H23FN2/c1-12(14-8-4-5-9-15(14)16)18-10-6-7-13(11-18)17(2)3/h4-5,8-9,12-13H,6-7,10-11H2,1-3H3. The first-order valence-corrected chi connectivity index (χ1v) is 6.74. The quantitative estimate of drug-likeness (QED) is 0.814. The van der Waals surface area contributed by atoms with Gasteiger partial charge in [0, 0.05) is 24.2 Å². The summed E-state index contributed by atoms with van der Waals surface area (Å²) < 4.78 is 13.8. The number of benzene rings is 1. The third kappa shape index (κ3) is 2.90. The van der Waals surface area contributed by atoms with Gasteiger partial charge in [-0.05, 0) is 46.5 Å². The lowest BCUT2D eigenvalue weighted by molar-refractivity contribution is 0.101. The first-order chi connectivity index (χ1) is 8.59. The van der Waals surface area contributed by atoms with Crippen molar-refractivity contribution in [2.75, 3.05) is 27.2 Å². The summed E-state index contributed by atoms with van der Waals surface area (Å²) in [4.78, 5) is 4.67. The minimum Gasteiger partial charge on any atom is -0.305 e.